The highest BCUT2D eigenvalue weighted by Crippen LogP contribution is 2.60. The number of carbonyl (C=O) groups excluding carboxylic acids is 2. The fraction of sp³-hybridized carbons (Fsp3) is 0.548. The van der Waals surface area contributed by atoms with Crippen LogP contribution in [0.4, 0.5) is 5.69 Å². The summed E-state index contributed by atoms with van der Waals surface area (Å²) in [6, 6.07) is 16.6. The van der Waals surface area contributed by atoms with Crippen molar-refractivity contribution >= 4 is 27.5 Å². The van der Waals surface area contributed by atoms with Crippen LogP contribution in [0.2, 0.25) is 0 Å². The molecule has 2 aromatic rings. The molecule has 2 aromatic carbocycles. The zero-order chi connectivity index (χ0) is 27.8. The summed E-state index contributed by atoms with van der Waals surface area (Å²) in [5.74, 6) is 1.79. The fourth-order valence-corrected chi connectivity index (χ4v) is 8.77. The highest BCUT2D eigenvalue weighted by atomic mass is 32.2. The number of rotatable bonds is 10. The summed E-state index contributed by atoms with van der Waals surface area (Å²) in [7, 11) is -2.20. The fourth-order valence-electron chi connectivity index (χ4n) is 7.93. The lowest BCUT2D eigenvalue weighted by Gasteiger charge is -2.57. The van der Waals surface area contributed by atoms with Crippen LogP contribution in [-0.2, 0) is 31.6 Å². The van der Waals surface area contributed by atoms with Crippen LogP contribution in [0.25, 0.3) is 0 Å². The lowest BCUT2D eigenvalue weighted by atomic mass is 9.48. The second-order valence-electron chi connectivity index (χ2n) is 12.1. The maximum Gasteiger partial charge on any atom is 0.244 e. The summed E-state index contributed by atoms with van der Waals surface area (Å²) < 4.78 is 27.1. The lowest BCUT2D eigenvalue weighted by Crippen LogP contribution is -2.51. The van der Waals surface area contributed by atoms with Crippen molar-refractivity contribution in [3.63, 3.8) is 0 Å². The van der Waals surface area contributed by atoms with Gasteiger partial charge in [0, 0.05) is 13.6 Å². The molecule has 6 rings (SSSR count). The molecule has 0 aromatic heterocycles. The number of anilines is 1. The van der Waals surface area contributed by atoms with Gasteiger partial charge >= 0.3 is 0 Å². The van der Waals surface area contributed by atoms with E-state index in [1.807, 2.05) is 49.4 Å². The smallest absolute Gasteiger partial charge is 0.244 e. The van der Waals surface area contributed by atoms with Gasteiger partial charge in [-0.15, -0.1) is 0 Å². The molecule has 7 nitrogen and oxygen atoms in total. The Labute approximate surface area is 233 Å². The third kappa shape index (κ3) is 5.72. The molecular weight excluding hydrogens is 510 g/mol. The van der Waals surface area contributed by atoms with Crippen LogP contribution in [0.3, 0.4) is 0 Å². The minimum atomic E-state index is -3.75. The first-order valence-electron chi connectivity index (χ1n) is 14.2. The Morgan fingerprint density at radius 3 is 2.00 bits per heavy atom. The third-order valence-electron chi connectivity index (χ3n) is 9.31. The van der Waals surface area contributed by atoms with Gasteiger partial charge in [-0.3, -0.25) is 13.9 Å². The van der Waals surface area contributed by atoms with Crippen LogP contribution in [0.15, 0.2) is 54.6 Å². The summed E-state index contributed by atoms with van der Waals surface area (Å²) in [5, 5.41) is 2.65. The van der Waals surface area contributed by atoms with Gasteiger partial charge in [-0.05, 0) is 91.4 Å². The Bertz CT molecular complexity index is 1260. The number of likely N-dealkylation sites (N-methyl/N-ethyl adjacent to an activating group) is 1. The minimum Gasteiger partial charge on any atom is -0.357 e. The number of amides is 2. The van der Waals surface area contributed by atoms with Gasteiger partial charge in [0.25, 0.3) is 0 Å². The van der Waals surface area contributed by atoms with Crippen molar-refractivity contribution in [3.8, 4) is 0 Å². The number of benzene rings is 2. The van der Waals surface area contributed by atoms with E-state index in [0.29, 0.717) is 12.1 Å². The van der Waals surface area contributed by atoms with E-state index in [4.69, 9.17) is 0 Å². The second-order valence-corrected chi connectivity index (χ2v) is 14.0. The van der Waals surface area contributed by atoms with Crippen LogP contribution in [0, 0.1) is 17.8 Å². The number of nitrogens with zero attached hydrogens (tertiary/aromatic N) is 2. The van der Waals surface area contributed by atoms with E-state index in [9.17, 15) is 18.0 Å². The number of hydrogen-bond donors (Lipinski definition) is 1. The Kier molecular flexibility index (Phi) is 7.77. The monoisotopic (exact) mass is 551 g/mol. The van der Waals surface area contributed by atoms with Crippen molar-refractivity contribution in [2.75, 3.05) is 24.2 Å². The van der Waals surface area contributed by atoms with Gasteiger partial charge in [0.05, 0.1) is 11.9 Å². The molecule has 4 saturated carbocycles. The summed E-state index contributed by atoms with van der Waals surface area (Å²) in [5.41, 5.74) is 2.88. The first-order chi connectivity index (χ1) is 18.6. The standard InChI is InChI=1S/C31H41N3O4S/c1-4-28(30(36)32-2)33(20-22-8-6-5-7-9-22)29(35)21-34(39(3,37)38)27-12-10-26(11-13-27)31-17-23-14-24(18-31)16-25(15-23)19-31/h5-13,23-25,28H,4,14-21H2,1-3H3,(H,32,36)/t23?,24?,25?,28-,31?/m0/s1. The normalized spacial score (nSPS) is 26.2. The lowest BCUT2D eigenvalue weighted by molar-refractivity contribution is -0.140. The van der Waals surface area contributed by atoms with Crippen molar-refractivity contribution < 1.29 is 18.0 Å². The molecule has 0 heterocycles. The Morgan fingerprint density at radius 2 is 1.51 bits per heavy atom. The zero-order valence-corrected chi connectivity index (χ0v) is 24.1. The molecule has 4 aliphatic rings. The van der Waals surface area contributed by atoms with Crippen molar-refractivity contribution in [2.45, 2.75) is 69.9 Å². The molecule has 4 aliphatic carbocycles. The molecule has 1 atom stereocenters. The van der Waals surface area contributed by atoms with Gasteiger partial charge < -0.3 is 10.2 Å². The minimum absolute atomic E-state index is 0.216. The SMILES string of the molecule is CC[C@@H](C(=O)NC)N(Cc1ccccc1)C(=O)CN(c1ccc(C23CC4CC(CC(C4)C2)C3)cc1)S(C)(=O)=O. The van der Waals surface area contributed by atoms with Gasteiger partial charge in [-0.25, -0.2) is 8.42 Å². The van der Waals surface area contributed by atoms with Crippen molar-refractivity contribution in [2.24, 2.45) is 17.8 Å². The van der Waals surface area contributed by atoms with E-state index in [2.05, 4.69) is 17.4 Å². The first kappa shape index (κ1) is 27.7. The summed E-state index contributed by atoms with van der Waals surface area (Å²) >= 11 is 0. The number of hydrogen-bond acceptors (Lipinski definition) is 4. The third-order valence-corrected chi connectivity index (χ3v) is 10.5. The van der Waals surface area contributed by atoms with Crippen LogP contribution >= 0.6 is 0 Å². The van der Waals surface area contributed by atoms with Crippen LogP contribution < -0.4 is 9.62 Å². The van der Waals surface area contributed by atoms with Gasteiger partial charge in [0.2, 0.25) is 21.8 Å². The van der Waals surface area contributed by atoms with Crippen LogP contribution in [0.5, 0.6) is 0 Å². The van der Waals surface area contributed by atoms with Gasteiger partial charge in [-0.2, -0.15) is 0 Å². The van der Waals surface area contributed by atoms with Crippen molar-refractivity contribution in [3.05, 3.63) is 65.7 Å². The number of nitrogens with one attached hydrogen (secondary N) is 1. The van der Waals surface area contributed by atoms with Crippen molar-refractivity contribution in [1.82, 2.24) is 10.2 Å². The highest BCUT2D eigenvalue weighted by Gasteiger charge is 2.51. The van der Waals surface area contributed by atoms with E-state index in [0.717, 1.165) is 29.6 Å². The topological polar surface area (TPSA) is 86.8 Å². The molecule has 39 heavy (non-hydrogen) atoms. The first-order valence-corrected chi connectivity index (χ1v) is 16.1. The Morgan fingerprint density at radius 1 is 0.949 bits per heavy atom. The molecule has 0 aliphatic heterocycles. The molecular formula is C31H41N3O4S. The molecule has 0 spiro atoms. The summed E-state index contributed by atoms with van der Waals surface area (Å²) in [6.07, 6.45) is 9.36. The molecule has 4 bridgehead atoms. The van der Waals surface area contributed by atoms with Gasteiger partial charge in [-0.1, -0.05) is 49.4 Å². The predicted octanol–water partition coefficient (Wildman–Crippen LogP) is 4.47. The van der Waals surface area contributed by atoms with Crippen LogP contribution in [-0.4, -0.2) is 51.0 Å². The molecule has 0 radical (unpaired) electrons. The molecule has 1 N–H and O–H groups in total. The molecule has 8 heteroatoms. The van der Waals surface area contributed by atoms with E-state index < -0.39 is 22.0 Å². The predicted molar refractivity (Wildman–Crippen MR) is 154 cm³/mol. The maximum absolute atomic E-state index is 13.7. The summed E-state index contributed by atoms with van der Waals surface area (Å²) in [6.45, 7) is 1.70. The second kappa shape index (κ2) is 11.0. The molecule has 4 fully saturated rings. The Balaban J connectivity index is 1.40. The molecule has 2 amide bonds. The highest BCUT2D eigenvalue weighted by molar-refractivity contribution is 7.92. The number of sulfonamides is 1. The quantitative estimate of drug-likeness (QED) is 0.472. The van der Waals surface area contributed by atoms with Gasteiger partial charge in [0.15, 0.2) is 0 Å². The largest absolute Gasteiger partial charge is 0.357 e. The number of carbonyl (C=O) groups is 2. The molecule has 0 unspecified atom stereocenters. The molecule has 210 valence electrons. The van der Waals surface area contributed by atoms with E-state index in [1.165, 1.54) is 53.3 Å². The van der Waals surface area contributed by atoms with Gasteiger partial charge in [0.1, 0.15) is 12.6 Å². The summed E-state index contributed by atoms with van der Waals surface area (Å²) in [4.78, 5) is 27.9. The average Bonchev–Trinajstić information content (AvgIpc) is 2.90. The van der Waals surface area contributed by atoms with E-state index in [-0.39, 0.29) is 24.4 Å². The average molecular weight is 552 g/mol. The maximum atomic E-state index is 13.7. The van der Waals surface area contributed by atoms with Crippen molar-refractivity contribution in [1.29, 1.82) is 0 Å². The molecule has 0 saturated heterocycles. The zero-order valence-electron chi connectivity index (χ0n) is 23.3. The Hall–Kier alpha value is -2.87. The van der Waals surface area contributed by atoms with Crippen LogP contribution in [0.1, 0.15) is 63.0 Å². The van der Waals surface area contributed by atoms with E-state index in [1.54, 1.807) is 7.05 Å². The van der Waals surface area contributed by atoms with E-state index >= 15 is 0 Å².